The molecule has 0 aromatic heterocycles. The second kappa shape index (κ2) is 9.61. The van der Waals surface area contributed by atoms with Gasteiger partial charge in [0.2, 0.25) is 15.9 Å². The van der Waals surface area contributed by atoms with Crippen LogP contribution in [0, 0.1) is 0 Å². The van der Waals surface area contributed by atoms with Crippen molar-refractivity contribution in [2.45, 2.75) is 26.2 Å². The maximum absolute atomic E-state index is 12.5. The van der Waals surface area contributed by atoms with E-state index < -0.39 is 15.9 Å². The van der Waals surface area contributed by atoms with E-state index in [1.54, 1.807) is 12.1 Å². The van der Waals surface area contributed by atoms with E-state index >= 15 is 0 Å². The SMILES string of the molecule is CC(C)(C)c1ccc(OCCNC(=O)CN(c2cccc3ccccc23)S(C)(=O)=O)cc1. The summed E-state index contributed by atoms with van der Waals surface area (Å²) in [6.45, 7) is 6.71. The quantitative estimate of drug-likeness (QED) is 0.520. The number of anilines is 1. The van der Waals surface area contributed by atoms with Gasteiger partial charge in [-0.15, -0.1) is 0 Å². The average molecular weight is 455 g/mol. The van der Waals surface area contributed by atoms with Crippen molar-refractivity contribution in [3.05, 3.63) is 72.3 Å². The summed E-state index contributed by atoms with van der Waals surface area (Å²) >= 11 is 0. The normalized spacial score (nSPS) is 11.9. The molecule has 1 amide bonds. The Kier molecular flexibility index (Phi) is 7.09. The predicted molar refractivity (Wildman–Crippen MR) is 130 cm³/mol. The van der Waals surface area contributed by atoms with E-state index in [0.717, 1.165) is 27.1 Å². The van der Waals surface area contributed by atoms with Gasteiger partial charge in [-0.25, -0.2) is 8.42 Å². The number of nitrogens with one attached hydrogen (secondary N) is 1. The van der Waals surface area contributed by atoms with Gasteiger partial charge in [0.15, 0.2) is 0 Å². The molecule has 0 saturated heterocycles. The molecule has 170 valence electrons. The number of benzene rings is 3. The molecule has 0 fully saturated rings. The van der Waals surface area contributed by atoms with E-state index in [2.05, 4.69) is 26.1 Å². The molecule has 0 heterocycles. The summed E-state index contributed by atoms with van der Waals surface area (Å²) in [6.07, 6.45) is 1.10. The first-order chi connectivity index (χ1) is 15.1. The smallest absolute Gasteiger partial charge is 0.240 e. The second-order valence-electron chi connectivity index (χ2n) is 8.74. The first kappa shape index (κ1) is 23.6. The van der Waals surface area contributed by atoms with E-state index in [9.17, 15) is 13.2 Å². The van der Waals surface area contributed by atoms with Gasteiger partial charge < -0.3 is 10.1 Å². The number of sulfonamides is 1. The number of nitrogens with zero attached hydrogens (tertiary/aromatic N) is 1. The molecule has 0 saturated carbocycles. The van der Waals surface area contributed by atoms with Crippen molar-refractivity contribution in [3.63, 3.8) is 0 Å². The van der Waals surface area contributed by atoms with Gasteiger partial charge in [0.25, 0.3) is 0 Å². The number of carbonyl (C=O) groups excluding carboxylic acids is 1. The molecule has 7 heteroatoms. The van der Waals surface area contributed by atoms with E-state index in [0.29, 0.717) is 5.69 Å². The fraction of sp³-hybridized carbons (Fsp3) is 0.320. The summed E-state index contributed by atoms with van der Waals surface area (Å²) in [5.41, 5.74) is 1.77. The Morgan fingerprint density at radius 1 is 0.969 bits per heavy atom. The minimum absolute atomic E-state index is 0.0715. The molecule has 3 aromatic carbocycles. The van der Waals surface area contributed by atoms with Crippen LogP contribution < -0.4 is 14.4 Å². The summed E-state index contributed by atoms with van der Waals surface area (Å²) in [5, 5.41) is 4.42. The Balaban J connectivity index is 1.60. The lowest BCUT2D eigenvalue weighted by atomic mass is 9.87. The Morgan fingerprint density at radius 2 is 1.62 bits per heavy atom. The zero-order valence-electron chi connectivity index (χ0n) is 19.0. The van der Waals surface area contributed by atoms with Crippen molar-refractivity contribution in [2.24, 2.45) is 0 Å². The lowest BCUT2D eigenvalue weighted by Gasteiger charge is -2.23. The number of rotatable bonds is 8. The molecule has 0 spiro atoms. The van der Waals surface area contributed by atoms with Crippen LogP contribution in [0.1, 0.15) is 26.3 Å². The van der Waals surface area contributed by atoms with Crippen LogP contribution in [0.5, 0.6) is 5.75 Å². The first-order valence-electron chi connectivity index (χ1n) is 10.5. The van der Waals surface area contributed by atoms with Crippen LogP contribution >= 0.6 is 0 Å². The lowest BCUT2D eigenvalue weighted by molar-refractivity contribution is -0.119. The number of hydrogen-bond donors (Lipinski definition) is 1. The standard InChI is InChI=1S/C25H30N2O4S/c1-25(2,3)20-12-14-21(15-13-20)31-17-16-26-24(28)18-27(32(4,29)30)23-11-7-9-19-8-5-6-10-22(19)23/h5-15H,16-18H2,1-4H3,(H,26,28). The predicted octanol–water partition coefficient (Wildman–Crippen LogP) is 4.10. The van der Waals surface area contributed by atoms with Gasteiger partial charge in [0, 0.05) is 5.39 Å². The highest BCUT2D eigenvalue weighted by Crippen LogP contribution is 2.28. The van der Waals surface area contributed by atoms with Gasteiger partial charge >= 0.3 is 0 Å². The minimum atomic E-state index is -3.65. The van der Waals surface area contributed by atoms with Crippen LogP contribution in [0.25, 0.3) is 10.8 Å². The van der Waals surface area contributed by atoms with Gasteiger partial charge in [0.1, 0.15) is 18.9 Å². The third-order valence-corrected chi connectivity index (χ3v) is 6.26. The molecule has 0 unspecified atom stereocenters. The highest BCUT2D eigenvalue weighted by Gasteiger charge is 2.22. The summed E-state index contributed by atoms with van der Waals surface area (Å²) in [4.78, 5) is 12.5. The molecule has 0 aliphatic carbocycles. The van der Waals surface area contributed by atoms with Crippen LogP contribution in [0.4, 0.5) is 5.69 Å². The molecule has 32 heavy (non-hydrogen) atoms. The molecule has 0 aliphatic heterocycles. The maximum Gasteiger partial charge on any atom is 0.240 e. The van der Waals surface area contributed by atoms with Crippen LogP contribution in [0.2, 0.25) is 0 Å². The zero-order valence-corrected chi connectivity index (χ0v) is 19.8. The van der Waals surface area contributed by atoms with Gasteiger partial charge in [-0.05, 0) is 34.6 Å². The van der Waals surface area contributed by atoms with Crippen LogP contribution in [-0.2, 0) is 20.2 Å². The van der Waals surface area contributed by atoms with Crippen LogP contribution in [0.15, 0.2) is 66.7 Å². The van der Waals surface area contributed by atoms with E-state index in [1.165, 1.54) is 5.56 Å². The Hall–Kier alpha value is -3.06. The monoisotopic (exact) mass is 454 g/mol. The largest absolute Gasteiger partial charge is 0.492 e. The van der Waals surface area contributed by atoms with Crippen molar-refractivity contribution in [1.82, 2.24) is 5.32 Å². The minimum Gasteiger partial charge on any atom is -0.492 e. The zero-order chi connectivity index (χ0) is 23.4. The fourth-order valence-corrected chi connectivity index (χ4v) is 4.27. The molecule has 1 N–H and O–H groups in total. The molecule has 0 radical (unpaired) electrons. The van der Waals surface area contributed by atoms with Crippen molar-refractivity contribution >= 4 is 32.4 Å². The second-order valence-corrected chi connectivity index (χ2v) is 10.6. The van der Waals surface area contributed by atoms with E-state index in [-0.39, 0.29) is 25.1 Å². The Morgan fingerprint density at radius 3 is 2.28 bits per heavy atom. The van der Waals surface area contributed by atoms with E-state index in [1.807, 2.05) is 54.6 Å². The van der Waals surface area contributed by atoms with E-state index in [4.69, 9.17) is 4.74 Å². The van der Waals surface area contributed by atoms with Crippen molar-refractivity contribution in [2.75, 3.05) is 30.3 Å². The van der Waals surface area contributed by atoms with Crippen LogP contribution in [0.3, 0.4) is 0 Å². The molecule has 3 aromatic rings. The number of fused-ring (bicyclic) bond motifs is 1. The Bertz CT molecular complexity index is 1180. The molecular weight excluding hydrogens is 424 g/mol. The molecular formula is C25H30N2O4S. The summed E-state index contributed by atoms with van der Waals surface area (Å²) in [5.74, 6) is 0.329. The van der Waals surface area contributed by atoms with Gasteiger partial charge in [0.05, 0.1) is 18.5 Å². The fourth-order valence-electron chi connectivity index (χ4n) is 3.40. The number of carbonyl (C=O) groups is 1. The Labute approximate surface area is 190 Å². The van der Waals surface area contributed by atoms with Crippen molar-refractivity contribution < 1.29 is 17.9 Å². The number of ether oxygens (including phenoxy) is 1. The highest BCUT2D eigenvalue weighted by molar-refractivity contribution is 7.92. The first-order valence-corrected chi connectivity index (χ1v) is 12.4. The maximum atomic E-state index is 12.5. The molecule has 3 rings (SSSR count). The average Bonchev–Trinajstić information content (AvgIpc) is 2.74. The number of hydrogen-bond acceptors (Lipinski definition) is 4. The third-order valence-electron chi connectivity index (χ3n) is 5.14. The molecule has 0 aliphatic rings. The van der Waals surface area contributed by atoms with Crippen molar-refractivity contribution in [3.8, 4) is 5.75 Å². The summed E-state index contributed by atoms with van der Waals surface area (Å²) in [7, 11) is -3.65. The topological polar surface area (TPSA) is 75.7 Å². The molecule has 6 nitrogen and oxygen atoms in total. The molecule has 0 bridgehead atoms. The summed E-state index contributed by atoms with van der Waals surface area (Å²) in [6, 6.07) is 20.8. The van der Waals surface area contributed by atoms with Gasteiger partial charge in [-0.1, -0.05) is 69.3 Å². The van der Waals surface area contributed by atoms with Gasteiger partial charge in [-0.3, -0.25) is 9.10 Å². The third kappa shape index (κ3) is 6.01. The molecule has 0 atom stereocenters. The number of amides is 1. The highest BCUT2D eigenvalue weighted by atomic mass is 32.2. The van der Waals surface area contributed by atoms with Crippen molar-refractivity contribution in [1.29, 1.82) is 0 Å². The van der Waals surface area contributed by atoms with Crippen LogP contribution in [-0.4, -0.2) is 40.3 Å². The van der Waals surface area contributed by atoms with Gasteiger partial charge in [-0.2, -0.15) is 0 Å². The lowest BCUT2D eigenvalue weighted by Crippen LogP contribution is -2.41. The summed E-state index contributed by atoms with van der Waals surface area (Å²) < 4.78 is 31.7.